The summed E-state index contributed by atoms with van der Waals surface area (Å²) in [6.07, 6.45) is 2.41. The maximum absolute atomic E-state index is 12.9. The number of amides is 2. The molecule has 0 N–H and O–H groups in total. The molecule has 0 radical (unpaired) electrons. The standard InChI is InChI=1S/C32H42N6O4/c1-32(2,3)42-31(40)37(7)14-15-41-29-11-8-21(18-33-29)26-17-28(24-10-9-23(35(4)5)16-27(24)34-26)38-19-22-12-13-36(6)30(39)25(22)20-38/h8-11,16-18,22,25H,12-15,19-20H2,1-7H3/t22-,25+/m0/s1. The minimum Gasteiger partial charge on any atom is -0.476 e. The molecule has 4 heterocycles. The Morgan fingerprint density at radius 1 is 1.10 bits per heavy atom. The fourth-order valence-corrected chi connectivity index (χ4v) is 5.61. The number of rotatable bonds is 7. The van der Waals surface area contributed by atoms with Crippen molar-refractivity contribution in [3.05, 3.63) is 42.6 Å². The van der Waals surface area contributed by atoms with E-state index in [-0.39, 0.29) is 11.8 Å². The summed E-state index contributed by atoms with van der Waals surface area (Å²) in [5, 5.41) is 1.07. The summed E-state index contributed by atoms with van der Waals surface area (Å²) in [7, 11) is 7.63. The van der Waals surface area contributed by atoms with Gasteiger partial charge in [0.1, 0.15) is 12.2 Å². The lowest BCUT2D eigenvalue weighted by Crippen LogP contribution is -2.42. The van der Waals surface area contributed by atoms with E-state index in [1.807, 2.05) is 58.9 Å². The molecule has 10 heteroatoms. The van der Waals surface area contributed by atoms with E-state index in [0.29, 0.717) is 31.5 Å². The van der Waals surface area contributed by atoms with Crippen molar-refractivity contribution in [3.63, 3.8) is 0 Å². The molecule has 0 saturated carbocycles. The monoisotopic (exact) mass is 574 g/mol. The Labute approximate surface area is 248 Å². The maximum Gasteiger partial charge on any atom is 0.410 e. The van der Waals surface area contributed by atoms with Gasteiger partial charge in [0, 0.05) is 82.4 Å². The predicted molar refractivity (Wildman–Crippen MR) is 165 cm³/mol. The molecule has 2 aliphatic heterocycles. The smallest absolute Gasteiger partial charge is 0.410 e. The van der Waals surface area contributed by atoms with Crippen LogP contribution in [-0.4, -0.2) is 98.3 Å². The average Bonchev–Trinajstić information content (AvgIpc) is 3.38. The van der Waals surface area contributed by atoms with Crippen LogP contribution in [-0.2, 0) is 9.53 Å². The molecular weight excluding hydrogens is 532 g/mol. The van der Waals surface area contributed by atoms with Gasteiger partial charge in [0.25, 0.3) is 0 Å². The van der Waals surface area contributed by atoms with Crippen molar-refractivity contribution < 1.29 is 19.1 Å². The molecule has 42 heavy (non-hydrogen) atoms. The number of hydrogen-bond donors (Lipinski definition) is 0. The molecule has 3 aromatic rings. The lowest BCUT2D eigenvalue weighted by Gasteiger charge is -2.30. The SMILES string of the molecule is CN(CCOc1ccc(-c2cc(N3C[C@@H]4CCN(C)C(=O)[C@@H]4C3)c3ccc(N(C)C)cc3n2)cn1)C(=O)OC(C)(C)C. The highest BCUT2D eigenvalue weighted by atomic mass is 16.6. The van der Waals surface area contributed by atoms with Crippen LogP contribution in [0, 0.1) is 11.8 Å². The van der Waals surface area contributed by atoms with Crippen molar-refractivity contribution in [1.29, 1.82) is 0 Å². The van der Waals surface area contributed by atoms with E-state index < -0.39 is 11.7 Å². The number of carbonyl (C=O) groups excluding carboxylic acids is 2. The molecule has 2 amide bonds. The number of hydrogen-bond acceptors (Lipinski definition) is 8. The molecule has 0 bridgehead atoms. The number of carbonyl (C=O) groups is 2. The van der Waals surface area contributed by atoms with Crippen LogP contribution in [0.4, 0.5) is 16.2 Å². The fraction of sp³-hybridized carbons (Fsp3) is 0.500. The molecular formula is C32H42N6O4. The average molecular weight is 575 g/mol. The second kappa shape index (κ2) is 11.7. The molecule has 224 valence electrons. The number of piperidine rings is 1. The van der Waals surface area contributed by atoms with Gasteiger partial charge in [-0.1, -0.05) is 0 Å². The maximum atomic E-state index is 12.9. The first kappa shape index (κ1) is 29.4. The zero-order valence-electron chi connectivity index (χ0n) is 25.8. The summed E-state index contributed by atoms with van der Waals surface area (Å²) in [5.41, 5.74) is 4.21. The normalized spacial score (nSPS) is 18.7. The molecule has 2 fully saturated rings. The van der Waals surface area contributed by atoms with Crippen LogP contribution in [0.15, 0.2) is 42.6 Å². The van der Waals surface area contributed by atoms with Gasteiger partial charge in [-0.2, -0.15) is 0 Å². The third-order valence-corrected chi connectivity index (χ3v) is 8.01. The Morgan fingerprint density at radius 2 is 1.88 bits per heavy atom. The van der Waals surface area contributed by atoms with Gasteiger partial charge in [-0.25, -0.2) is 14.8 Å². The summed E-state index contributed by atoms with van der Waals surface area (Å²) >= 11 is 0. The molecule has 0 aliphatic carbocycles. The predicted octanol–water partition coefficient (Wildman–Crippen LogP) is 4.52. The fourth-order valence-electron chi connectivity index (χ4n) is 5.61. The topological polar surface area (TPSA) is 91.3 Å². The third-order valence-electron chi connectivity index (χ3n) is 8.01. The number of likely N-dealkylation sites (N-methyl/N-ethyl adjacent to an activating group) is 1. The van der Waals surface area contributed by atoms with Crippen LogP contribution in [0.5, 0.6) is 5.88 Å². The number of benzene rings is 1. The van der Waals surface area contributed by atoms with E-state index in [9.17, 15) is 9.59 Å². The highest BCUT2D eigenvalue weighted by Gasteiger charge is 2.42. The van der Waals surface area contributed by atoms with E-state index in [4.69, 9.17) is 14.5 Å². The van der Waals surface area contributed by atoms with Crippen molar-refractivity contribution in [2.75, 3.05) is 70.8 Å². The summed E-state index contributed by atoms with van der Waals surface area (Å²) < 4.78 is 11.2. The van der Waals surface area contributed by atoms with Gasteiger partial charge in [0.15, 0.2) is 0 Å². The van der Waals surface area contributed by atoms with Crippen molar-refractivity contribution in [2.45, 2.75) is 32.8 Å². The van der Waals surface area contributed by atoms with Gasteiger partial charge < -0.3 is 29.1 Å². The molecule has 10 nitrogen and oxygen atoms in total. The zero-order valence-corrected chi connectivity index (χ0v) is 25.8. The number of likely N-dealkylation sites (tertiary alicyclic amines) is 1. The van der Waals surface area contributed by atoms with Crippen molar-refractivity contribution in [1.82, 2.24) is 19.8 Å². The highest BCUT2D eigenvalue weighted by molar-refractivity contribution is 5.96. The Kier molecular flexibility index (Phi) is 8.17. The van der Waals surface area contributed by atoms with Crippen molar-refractivity contribution in [2.24, 2.45) is 11.8 Å². The lowest BCUT2D eigenvalue weighted by molar-refractivity contribution is -0.137. The van der Waals surface area contributed by atoms with E-state index in [0.717, 1.165) is 53.0 Å². The quantitative estimate of drug-likeness (QED) is 0.407. The van der Waals surface area contributed by atoms with Gasteiger partial charge >= 0.3 is 6.09 Å². The van der Waals surface area contributed by atoms with Crippen LogP contribution >= 0.6 is 0 Å². The van der Waals surface area contributed by atoms with Crippen molar-refractivity contribution >= 4 is 34.3 Å². The molecule has 0 spiro atoms. The Balaban J connectivity index is 1.36. The second-order valence-electron chi connectivity index (χ2n) is 12.6. The molecule has 1 aromatic carbocycles. The van der Waals surface area contributed by atoms with Crippen LogP contribution in [0.3, 0.4) is 0 Å². The molecule has 2 atom stereocenters. The van der Waals surface area contributed by atoms with Gasteiger partial charge in [-0.3, -0.25) is 4.79 Å². The van der Waals surface area contributed by atoms with Gasteiger partial charge in [0.2, 0.25) is 11.8 Å². The zero-order chi connectivity index (χ0) is 30.2. The summed E-state index contributed by atoms with van der Waals surface area (Å²) in [6, 6.07) is 12.3. The second-order valence-corrected chi connectivity index (χ2v) is 12.6. The number of aromatic nitrogens is 2. The van der Waals surface area contributed by atoms with Gasteiger partial charge in [-0.15, -0.1) is 0 Å². The van der Waals surface area contributed by atoms with Crippen molar-refractivity contribution in [3.8, 4) is 17.1 Å². The number of fused-ring (bicyclic) bond motifs is 2. The van der Waals surface area contributed by atoms with Gasteiger partial charge in [0.05, 0.1) is 23.7 Å². The first-order chi connectivity index (χ1) is 19.9. The first-order valence-electron chi connectivity index (χ1n) is 14.5. The van der Waals surface area contributed by atoms with Crippen LogP contribution in [0.25, 0.3) is 22.2 Å². The number of anilines is 2. The number of nitrogens with zero attached hydrogens (tertiary/aromatic N) is 6. The third kappa shape index (κ3) is 6.37. The number of ether oxygens (including phenoxy) is 2. The van der Waals surface area contributed by atoms with Gasteiger partial charge in [-0.05, 0) is 63.4 Å². The first-order valence-corrected chi connectivity index (χ1v) is 14.5. The summed E-state index contributed by atoms with van der Waals surface area (Å²) in [4.78, 5) is 42.4. The molecule has 5 rings (SSSR count). The van der Waals surface area contributed by atoms with Crippen LogP contribution in [0.2, 0.25) is 0 Å². The number of pyridine rings is 2. The largest absolute Gasteiger partial charge is 0.476 e. The minimum absolute atomic E-state index is 0.0314. The Morgan fingerprint density at radius 3 is 2.57 bits per heavy atom. The Hall–Kier alpha value is -4.08. The van der Waals surface area contributed by atoms with E-state index in [2.05, 4.69) is 39.0 Å². The highest BCUT2D eigenvalue weighted by Crippen LogP contribution is 2.39. The summed E-state index contributed by atoms with van der Waals surface area (Å²) in [5.74, 6) is 1.12. The lowest BCUT2D eigenvalue weighted by atomic mass is 9.88. The van der Waals surface area contributed by atoms with E-state index in [1.54, 1.807) is 13.2 Å². The van der Waals surface area contributed by atoms with Crippen LogP contribution < -0.4 is 14.5 Å². The summed E-state index contributed by atoms with van der Waals surface area (Å²) in [6.45, 7) is 8.58. The molecule has 2 saturated heterocycles. The van der Waals surface area contributed by atoms with Crippen LogP contribution in [0.1, 0.15) is 27.2 Å². The van der Waals surface area contributed by atoms with E-state index in [1.165, 1.54) is 4.90 Å². The molecule has 2 aromatic heterocycles. The Bertz CT molecular complexity index is 1450. The molecule has 2 aliphatic rings. The van der Waals surface area contributed by atoms with E-state index >= 15 is 0 Å². The molecule has 0 unspecified atom stereocenters. The minimum atomic E-state index is -0.546.